The number of carbonyl (C=O) groups excluding carboxylic acids is 2. The van der Waals surface area contributed by atoms with Crippen molar-refractivity contribution in [3.63, 3.8) is 0 Å². The van der Waals surface area contributed by atoms with Crippen molar-refractivity contribution in [2.75, 3.05) is 7.05 Å². The summed E-state index contributed by atoms with van der Waals surface area (Å²) in [5.74, 6) is -0.217. The Labute approximate surface area is 164 Å². The summed E-state index contributed by atoms with van der Waals surface area (Å²) in [6.07, 6.45) is 4.97. The van der Waals surface area contributed by atoms with Crippen LogP contribution in [-0.4, -0.2) is 45.9 Å². The van der Waals surface area contributed by atoms with Crippen molar-refractivity contribution in [1.82, 2.24) is 14.9 Å². The molecule has 1 aliphatic carbocycles. The fraction of sp³-hybridized carbons (Fsp3) is 0.524. The molecule has 150 valence electrons. The third-order valence-corrected chi connectivity index (χ3v) is 5.35. The van der Waals surface area contributed by atoms with Crippen LogP contribution in [0.15, 0.2) is 29.1 Å². The van der Waals surface area contributed by atoms with E-state index in [1.807, 2.05) is 6.07 Å². The molecule has 1 saturated carbocycles. The monoisotopic (exact) mass is 385 g/mol. The number of likely N-dealkylation sites (N-methyl/N-ethyl adjacent to an activating group) is 1. The van der Waals surface area contributed by atoms with Gasteiger partial charge in [0.25, 0.3) is 11.5 Å². The van der Waals surface area contributed by atoms with Crippen molar-refractivity contribution in [1.29, 1.82) is 0 Å². The van der Waals surface area contributed by atoms with Crippen molar-refractivity contribution in [2.45, 2.75) is 64.0 Å². The predicted molar refractivity (Wildman–Crippen MR) is 106 cm³/mol. The van der Waals surface area contributed by atoms with E-state index in [0.717, 1.165) is 25.7 Å². The summed E-state index contributed by atoms with van der Waals surface area (Å²) < 4.78 is 5.31. The highest BCUT2D eigenvalue weighted by molar-refractivity contribution is 5.83. The van der Waals surface area contributed by atoms with Gasteiger partial charge in [0, 0.05) is 19.5 Å². The quantitative estimate of drug-likeness (QED) is 0.772. The maximum atomic E-state index is 12.5. The lowest BCUT2D eigenvalue weighted by Crippen LogP contribution is -2.44. The molecule has 1 N–H and O–H groups in total. The number of benzene rings is 1. The molecule has 28 heavy (non-hydrogen) atoms. The third kappa shape index (κ3) is 4.77. The molecular formula is C21H27N3O4. The van der Waals surface area contributed by atoms with Gasteiger partial charge in [0.05, 0.1) is 17.3 Å². The molecule has 1 aromatic heterocycles. The molecule has 1 atom stereocenters. The van der Waals surface area contributed by atoms with Gasteiger partial charge in [-0.1, -0.05) is 31.4 Å². The number of hydrogen-bond donors (Lipinski definition) is 1. The van der Waals surface area contributed by atoms with Crippen LogP contribution in [0.25, 0.3) is 10.9 Å². The summed E-state index contributed by atoms with van der Waals surface area (Å²) in [6, 6.07) is 7.28. The van der Waals surface area contributed by atoms with E-state index in [0.29, 0.717) is 16.7 Å². The minimum atomic E-state index is -0.817. The number of amides is 1. The highest BCUT2D eigenvalue weighted by Crippen LogP contribution is 2.22. The number of H-pyrrole nitrogens is 1. The molecule has 1 aliphatic rings. The van der Waals surface area contributed by atoms with Crippen molar-refractivity contribution in [3.8, 4) is 0 Å². The molecule has 0 saturated heterocycles. The van der Waals surface area contributed by atoms with E-state index < -0.39 is 12.1 Å². The molecule has 0 radical (unpaired) electrons. The first-order chi connectivity index (χ1) is 13.5. The van der Waals surface area contributed by atoms with Crippen molar-refractivity contribution < 1.29 is 14.3 Å². The van der Waals surface area contributed by atoms with Crippen LogP contribution >= 0.6 is 0 Å². The summed E-state index contributed by atoms with van der Waals surface area (Å²) >= 11 is 0. The number of ether oxygens (including phenoxy) is 1. The molecule has 1 fully saturated rings. The number of esters is 1. The van der Waals surface area contributed by atoms with Crippen molar-refractivity contribution in [2.24, 2.45) is 0 Å². The second-order valence-corrected chi connectivity index (χ2v) is 7.40. The normalized spacial score (nSPS) is 15.9. The van der Waals surface area contributed by atoms with E-state index in [1.165, 1.54) is 6.42 Å². The number of hydrogen-bond acceptors (Lipinski definition) is 5. The van der Waals surface area contributed by atoms with Gasteiger partial charge < -0.3 is 14.6 Å². The van der Waals surface area contributed by atoms with Crippen molar-refractivity contribution >= 4 is 22.8 Å². The summed E-state index contributed by atoms with van der Waals surface area (Å²) in [5, 5.41) is 0.513. The molecule has 0 unspecified atom stereocenters. The minimum Gasteiger partial charge on any atom is -0.453 e. The zero-order chi connectivity index (χ0) is 20.1. The van der Waals surface area contributed by atoms with Crippen LogP contribution in [0.1, 0.15) is 51.3 Å². The van der Waals surface area contributed by atoms with Gasteiger partial charge in [-0.25, -0.2) is 4.98 Å². The Kier molecular flexibility index (Phi) is 6.44. The fourth-order valence-electron chi connectivity index (χ4n) is 3.72. The van der Waals surface area contributed by atoms with Gasteiger partial charge in [-0.3, -0.25) is 14.4 Å². The Morgan fingerprint density at radius 1 is 1.25 bits per heavy atom. The Balaban J connectivity index is 1.53. The summed E-state index contributed by atoms with van der Waals surface area (Å²) in [5.41, 5.74) is 0.360. The Bertz CT molecular complexity index is 902. The third-order valence-electron chi connectivity index (χ3n) is 5.35. The molecule has 2 aromatic rings. The van der Waals surface area contributed by atoms with Gasteiger partial charge in [0.2, 0.25) is 0 Å². The van der Waals surface area contributed by atoms with Gasteiger partial charge >= 0.3 is 5.97 Å². The van der Waals surface area contributed by atoms with E-state index in [9.17, 15) is 14.4 Å². The largest absolute Gasteiger partial charge is 0.453 e. The molecule has 7 nitrogen and oxygen atoms in total. The van der Waals surface area contributed by atoms with Crippen molar-refractivity contribution in [3.05, 3.63) is 40.4 Å². The second-order valence-electron chi connectivity index (χ2n) is 7.40. The van der Waals surface area contributed by atoms with Crippen LogP contribution < -0.4 is 5.56 Å². The molecule has 3 rings (SSSR count). The smallest absolute Gasteiger partial charge is 0.307 e. The van der Waals surface area contributed by atoms with Crippen LogP contribution in [0, 0.1) is 0 Å². The van der Waals surface area contributed by atoms with E-state index in [2.05, 4.69) is 9.97 Å². The number of nitrogens with one attached hydrogen (secondary N) is 1. The lowest BCUT2D eigenvalue weighted by atomic mass is 9.94. The number of rotatable bonds is 6. The molecule has 1 aromatic carbocycles. The molecule has 1 amide bonds. The van der Waals surface area contributed by atoms with Gasteiger partial charge in [-0.05, 0) is 31.9 Å². The zero-order valence-electron chi connectivity index (χ0n) is 16.4. The van der Waals surface area contributed by atoms with Crippen LogP contribution in [0.3, 0.4) is 0 Å². The lowest BCUT2D eigenvalue weighted by Gasteiger charge is -2.32. The highest BCUT2D eigenvalue weighted by Gasteiger charge is 2.27. The Morgan fingerprint density at radius 3 is 2.71 bits per heavy atom. The van der Waals surface area contributed by atoms with Gasteiger partial charge in [-0.15, -0.1) is 0 Å². The van der Waals surface area contributed by atoms with Crippen LogP contribution in [-0.2, 0) is 20.7 Å². The highest BCUT2D eigenvalue weighted by atomic mass is 16.5. The van der Waals surface area contributed by atoms with E-state index in [4.69, 9.17) is 4.74 Å². The summed E-state index contributed by atoms with van der Waals surface area (Å²) in [4.78, 5) is 45.6. The first kappa shape index (κ1) is 20.0. The standard InChI is InChI=1S/C21H27N3O4/c1-14(21(27)24(2)15-8-4-3-5-9-15)28-19(25)13-12-18-22-17-11-7-6-10-16(17)20(26)23-18/h6-7,10-11,14-15H,3-5,8-9,12-13H2,1-2H3,(H,22,23,26)/t14-/m1/s1. The molecule has 1 heterocycles. The van der Waals surface area contributed by atoms with E-state index in [-0.39, 0.29) is 30.3 Å². The molecule has 7 heteroatoms. The number of para-hydroxylation sites is 1. The lowest BCUT2D eigenvalue weighted by molar-refractivity contribution is -0.159. The van der Waals surface area contributed by atoms with E-state index in [1.54, 1.807) is 37.1 Å². The summed E-state index contributed by atoms with van der Waals surface area (Å²) in [7, 11) is 1.78. The zero-order valence-corrected chi connectivity index (χ0v) is 16.4. The predicted octanol–water partition coefficient (Wildman–Crippen LogP) is 2.58. The molecular weight excluding hydrogens is 358 g/mol. The summed E-state index contributed by atoms with van der Waals surface area (Å²) in [6.45, 7) is 1.61. The Morgan fingerprint density at radius 2 is 1.96 bits per heavy atom. The Hall–Kier alpha value is -2.70. The second kappa shape index (κ2) is 8.99. The first-order valence-corrected chi connectivity index (χ1v) is 9.90. The average Bonchev–Trinajstić information content (AvgIpc) is 2.72. The molecule has 0 bridgehead atoms. The number of nitrogens with zero attached hydrogens (tertiary/aromatic N) is 2. The fourth-order valence-corrected chi connectivity index (χ4v) is 3.72. The number of fused-ring (bicyclic) bond motifs is 1. The van der Waals surface area contributed by atoms with Crippen LogP contribution in [0.5, 0.6) is 0 Å². The number of aryl methyl sites for hydroxylation is 1. The van der Waals surface area contributed by atoms with Gasteiger partial charge in [0.1, 0.15) is 5.82 Å². The molecule has 0 spiro atoms. The maximum Gasteiger partial charge on any atom is 0.307 e. The molecule has 0 aliphatic heterocycles. The van der Waals surface area contributed by atoms with Gasteiger partial charge in [0.15, 0.2) is 6.10 Å². The van der Waals surface area contributed by atoms with E-state index >= 15 is 0 Å². The van der Waals surface area contributed by atoms with Gasteiger partial charge in [-0.2, -0.15) is 0 Å². The number of aromatic nitrogens is 2. The number of carbonyl (C=O) groups is 2. The number of aromatic amines is 1. The average molecular weight is 385 g/mol. The first-order valence-electron chi connectivity index (χ1n) is 9.90. The minimum absolute atomic E-state index is 0.0477. The SMILES string of the molecule is C[C@@H](OC(=O)CCc1nc2ccccc2c(=O)[nH]1)C(=O)N(C)C1CCCCC1. The van der Waals surface area contributed by atoms with Crippen LogP contribution in [0.4, 0.5) is 0 Å². The maximum absolute atomic E-state index is 12.5. The topological polar surface area (TPSA) is 92.4 Å². The van der Waals surface area contributed by atoms with Crippen LogP contribution in [0.2, 0.25) is 0 Å².